The van der Waals surface area contributed by atoms with Gasteiger partial charge in [0.1, 0.15) is 0 Å². The van der Waals surface area contributed by atoms with Gasteiger partial charge in [0, 0.05) is 17.8 Å². The maximum atomic E-state index is 13.3. The molecule has 0 spiro atoms. The first kappa shape index (κ1) is 18.3. The molecule has 2 aliphatic rings. The molecular formula is C25H20N2O3. The molecule has 30 heavy (non-hydrogen) atoms. The average Bonchev–Trinajstić information content (AvgIpc) is 3.03. The summed E-state index contributed by atoms with van der Waals surface area (Å²) in [6.45, 7) is 2.58. The number of amides is 3. The summed E-state index contributed by atoms with van der Waals surface area (Å²) in [5.74, 6) is -0.910. The zero-order valence-electron chi connectivity index (χ0n) is 16.6. The largest absolute Gasteiger partial charge is 0.308 e. The van der Waals surface area contributed by atoms with Crippen molar-refractivity contribution in [2.24, 2.45) is 0 Å². The van der Waals surface area contributed by atoms with Crippen LogP contribution in [0.25, 0.3) is 0 Å². The van der Waals surface area contributed by atoms with E-state index < -0.39 is 5.91 Å². The summed E-state index contributed by atoms with van der Waals surface area (Å²) in [4.78, 5) is 42.1. The average molecular weight is 396 g/mol. The molecule has 0 fully saturated rings. The van der Waals surface area contributed by atoms with Crippen LogP contribution in [0.15, 0.2) is 66.7 Å². The van der Waals surface area contributed by atoms with Gasteiger partial charge in [-0.15, -0.1) is 0 Å². The quantitative estimate of drug-likeness (QED) is 0.604. The van der Waals surface area contributed by atoms with E-state index in [4.69, 9.17) is 0 Å². The summed E-state index contributed by atoms with van der Waals surface area (Å²) in [5, 5.41) is 0. The van der Waals surface area contributed by atoms with Crippen molar-refractivity contribution in [3.63, 3.8) is 0 Å². The van der Waals surface area contributed by atoms with E-state index in [1.807, 2.05) is 43.3 Å². The minimum absolute atomic E-state index is 0.154. The number of nitrogens with zero attached hydrogens (tertiary/aromatic N) is 2. The smallest absolute Gasteiger partial charge is 0.266 e. The summed E-state index contributed by atoms with van der Waals surface area (Å²) in [6.07, 6.45) is 1.84. The number of hydrogen-bond acceptors (Lipinski definition) is 3. The molecule has 148 valence electrons. The second-order valence-electron chi connectivity index (χ2n) is 7.73. The predicted molar refractivity (Wildman–Crippen MR) is 115 cm³/mol. The number of fused-ring (bicyclic) bond motifs is 2. The number of para-hydroxylation sites is 1. The first-order valence-electron chi connectivity index (χ1n) is 10.0. The highest BCUT2D eigenvalue weighted by Crippen LogP contribution is 2.31. The van der Waals surface area contributed by atoms with Crippen LogP contribution in [0.1, 0.15) is 48.6 Å². The molecular weight excluding hydrogens is 376 g/mol. The molecule has 0 N–H and O–H groups in total. The van der Waals surface area contributed by atoms with Crippen molar-refractivity contribution in [2.45, 2.75) is 19.8 Å². The van der Waals surface area contributed by atoms with E-state index in [0.29, 0.717) is 23.4 Å². The van der Waals surface area contributed by atoms with Crippen LogP contribution < -0.4 is 9.80 Å². The molecule has 3 amide bonds. The van der Waals surface area contributed by atoms with E-state index in [9.17, 15) is 14.4 Å². The number of carbonyl (C=O) groups is 3. The number of carbonyl (C=O) groups excluding carboxylic acids is 3. The molecule has 0 unspecified atom stereocenters. The highest BCUT2D eigenvalue weighted by molar-refractivity contribution is 6.34. The van der Waals surface area contributed by atoms with Crippen molar-refractivity contribution in [2.75, 3.05) is 16.3 Å². The molecule has 3 aromatic rings. The second kappa shape index (κ2) is 6.95. The fourth-order valence-electron chi connectivity index (χ4n) is 4.20. The Morgan fingerprint density at radius 2 is 1.60 bits per heavy atom. The van der Waals surface area contributed by atoms with Gasteiger partial charge in [0.25, 0.3) is 17.7 Å². The molecule has 0 atom stereocenters. The van der Waals surface area contributed by atoms with Crippen LogP contribution in [0.5, 0.6) is 0 Å². The molecule has 0 saturated carbocycles. The maximum Gasteiger partial charge on any atom is 0.266 e. The molecule has 0 bridgehead atoms. The van der Waals surface area contributed by atoms with Crippen molar-refractivity contribution in [3.05, 3.63) is 94.5 Å². The summed E-state index contributed by atoms with van der Waals surface area (Å²) in [7, 11) is 0. The van der Waals surface area contributed by atoms with Crippen LogP contribution in [0, 0.1) is 6.92 Å². The van der Waals surface area contributed by atoms with Gasteiger partial charge in [-0.05, 0) is 61.7 Å². The van der Waals surface area contributed by atoms with Crippen molar-refractivity contribution >= 4 is 29.1 Å². The van der Waals surface area contributed by atoms with Crippen molar-refractivity contribution in [1.82, 2.24) is 0 Å². The van der Waals surface area contributed by atoms with Crippen LogP contribution in [-0.4, -0.2) is 24.3 Å². The third-order valence-corrected chi connectivity index (χ3v) is 5.78. The zero-order chi connectivity index (χ0) is 20.8. The van der Waals surface area contributed by atoms with Crippen LogP contribution in [-0.2, 0) is 6.42 Å². The summed E-state index contributed by atoms with van der Waals surface area (Å²) < 4.78 is 0. The first-order chi connectivity index (χ1) is 14.5. The molecule has 5 heteroatoms. The van der Waals surface area contributed by atoms with Gasteiger partial charge in [-0.25, -0.2) is 4.90 Å². The van der Waals surface area contributed by atoms with Gasteiger partial charge in [0.05, 0.1) is 16.8 Å². The van der Waals surface area contributed by atoms with E-state index in [2.05, 4.69) is 0 Å². The van der Waals surface area contributed by atoms with Crippen molar-refractivity contribution in [1.29, 1.82) is 0 Å². The minimum Gasteiger partial charge on any atom is -0.308 e. The number of aryl methyl sites for hydroxylation is 2. The van der Waals surface area contributed by atoms with E-state index in [1.54, 1.807) is 35.2 Å². The molecule has 5 nitrogen and oxygen atoms in total. The Morgan fingerprint density at radius 3 is 2.40 bits per heavy atom. The van der Waals surface area contributed by atoms with Crippen LogP contribution in [0.4, 0.5) is 11.4 Å². The van der Waals surface area contributed by atoms with Gasteiger partial charge in [0.2, 0.25) is 0 Å². The maximum absolute atomic E-state index is 13.3. The van der Waals surface area contributed by atoms with Crippen LogP contribution >= 0.6 is 0 Å². The van der Waals surface area contributed by atoms with Gasteiger partial charge in [-0.2, -0.15) is 0 Å². The van der Waals surface area contributed by atoms with Gasteiger partial charge >= 0.3 is 0 Å². The highest BCUT2D eigenvalue weighted by atomic mass is 16.2. The predicted octanol–water partition coefficient (Wildman–Crippen LogP) is 4.39. The van der Waals surface area contributed by atoms with E-state index >= 15 is 0 Å². The summed E-state index contributed by atoms with van der Waals surface area (Å²) in [5.41, 5.74) is 4.66. The van der Waals surface area contributed by atoms with Crippen molar-refractivity contribution < 1.29 is 14.4 Å². The normalized spacial score (nSPS) is 15.2. The Bertz CT molecular complexity index is 1200. The Hall–Kier alpha value is -3.73. The Morgan fingerprint density at radius 1 is 0.867 bits per heavy atom. The van der Waals surface area contributed by atoms with Gasteiger partial charge in [-0.3, -0.25) is 14.4 Å². The van der Waals surface area contributed by atoms with Gasteiger partial charge < -0.3 is 4.90 Å². The molecule has 3 aromatic carbocycles. The molecule has 0 saturated heterocycles. The lowest BCUT2D eigenvalue weighted by molar-refractivity contribution is 0.0925. The monoisotopic (exact) mass is 396 g/mol. The summed E-state index contributed by atoms with van der Waals surface area (Å²) >= 11 is 0. The summed E-state index contributed by atoms with van der Waals surface area (Å²) in [6, 6.07) is 19.9. The van der Waals surface area contributed by atoms with Gasteiger partial charge in [-0.1, -0.05) is 35.9 Å². The molecule has 0 radical (unpaired) electrons. The zero-order valence-corrected chi connectivity index (χ0v) is 16.6. The van der Waals surface area contributed by atoms with E-state index in [1.165, 1.54) is 4.90 Å². The lowest BCUT2D eigenvalue weighted by Gasteiger charge is -2.29. The first-order valence-corrected chi connectivity index (χ1v) is 10.0. The third-order valence-electron chi connectivity index (χ3n) is 5.78. The Labute approximate surface area is 174 Å². The van der Waals surface area contributed by atoms with Crippen molar-refractivity contribution in [3.8, 4) is 0 Å². The number of hydrogen-bond donors (Lipinski definition) is 0. The number of rotatable bonds is 2. The SMILES string of the molecule is Cc1ccc(N2C(=O)c3ccc(C(=O)N4CCCc5ccccc54)cc3C2=O)cc1. The molecule has 0 aliphatic carbocycles. The molecule has 2 heterocycles. The lowest BCUT2D eigenvalue weighted by atomic mass is 9.99. The fourth-order valence-corrected chi connectivity index (χ4v) is 4.20. The fraction of sp³-hybridized carbons (Fsp3) is 0.160. The number of benzene rings is 3. The second-order valence-corrected chi connectivity index (χ2v) is 7.73. The highest BCUT2D eigenvalue weighted by Gasteiger charge is 2.37. The lowest BCUT2D eigenvalue weighted by Crippen LogP contribution is -2.35. The van der Waals surface area contributed by atoms with Crippen LogP contribution in [0.2, 0.25) is 0 Å². The topological polar surface area (TPSA) is 57.7 Å². The third kappa shape index (κ3) is 2.82. The van der Waals surface area contributed by atoms with Crippen LogP contribution in [0.3, 0.4) is 0 Å². The standard InChI is InChI=1S/C25H20N2O3/c1-16-8-11-19(12-9-16)27-24(29)20-13-10-18(15-21(20)25(27)30)23(28)26-14-4-6-17-5-2-3-7-22(17)26/h2-3,5,7-13,15H,4,6,14H2,1H3. The molecule has 5 rings (SSSR count). The van der Waals surface area contributed by atoms with E-state index in [-0.39, 0.29) is 17.4 Å². The Balaban J connectivity index is 1.49. The Kier molecular flexibility index (Phi) is 4.24. The van der Waals surface area contributed by atoms with E-state index in [0.717, 1.165) is 29.7 Å². The number of anilines is 2. The van der Waals surface area contributed by atoms with Gasteiger partial charge in [0.15, 0.2) is 0 Å². The molecule has 0 aromatic heterocycles. The minimum atomic E-state index is -0.396. The number of imide groups is 1. The molecule has 2 aliphatic heterocycles.